The third kappa shape index (κ3) is 2.86. The second kappa shape index (κ2) is 5.61. The summed E-state index contributed by atoms with van der Waals surface area (Å²) in [6.07, 6.45) is 0.310. The summed E-state index contributed by atoms with van der Waals surface area (Å²) in [5, 5.41) is 0. The van der Waals surface area contributed by atoms with E-state index >= 15 is 0 Å². The molecular weight excluding hydrogens is 216 g/mol. The molecule has 0 saturated heterocycles. The first-order valence-corrected chi connectivity index (χ1v) is 5.07. The molecule has 0 radical (unpaired) electrons. The molecule has 1 rings (SSSR count). The smallest absolute Gasteiger partial charge is 0.167 e. The van der Waals surface area contributed by atoms with Gasteiger partial charge in [0.25, 0.3) is 0 Å². The molecule has 82 valence electrons. The molecule has 1 aromatic carbocycles. The largest absolute Gasteiger partial charge is 0.497 e. The highest BCUT2D eigenvalue weighted by Crippen LogP contribution is 2.25. The minimum absolute atomic E-state index is 0.0236. The number of Topliss-reactive ketones (excluding diaryl/α,β-unsaturated/α-hetero) is 1. The van der Waals surface area contributed by atoms with Gasteiger partial charge in [0.15, 0.2) is 5.78 Å². The van der Waals surface area contributed by atoms with Crippen LogP contribution in [0.4, 0.5) is 0 Å². The Bertz CT molecular complexity index is 350. The fourth-order valence-corrected chi connectivity index (χ4v) is 1.42. The summed E-state index contributed by atoms with van der Waals surface area (Å²) in [4.78, 5) is 11.6. The van der Waals surface area contributed by atoms with Gasteiger partial charge in [-0.2, -0.15) is 0 Å². The van der Waals surface area contributed by atoms with Gasteiger partial charge in [-0.25, -0.2) is 0 Å². The van der Waals surface area contributed by atoms with Crippen molar-refractivity contribution in [3.8, 4) is 11.5 Å². The molecule has 0 N–H and O–H groups in total. The number of ketones is 1. The number of ether oxygens (including phenoxy) is 2. The van der Waals surface area contributed by atoms with E-state index in [1.807, 2.05) is 0 Å². The predicted octanol–water partition coefficient (Wildman–Crippen LogP) is 2.52. The molecule has 0 fully saturated rings. The van der Waals surface area contributed by atoms with E-state index in [-0.39, 0.29) is 5.78 Å². The van der Waals surface area contributed by atoms with Gasteiger partial charge in [0.2, 0.25) is 0 Å². The van der Waals surface area contributed by atoms with Crippen molar-refractivity contribution in [3.63, 3.8) is 0 Å². The number of rotatable bonds is 5. The van der Waals surface area contributed by atoms with Crippen LogP contribution in [0.1, 0.15) is 16.8 Å². The van der Waals surface area contributed by atoms with E-state index in [2.05, 4.69) is 0 Å². The van der Waals surface area contributed by atoms with E-state index < -0.39 is 0 Å². The molecule has 0 aliphatic rings. The Hall–Kier alpha value is -1.22. The summed E-state index contributed by atoms with van der Waals surface area (Å²) in [5.74, 6) is 1.47. The highest BCUT2D eigenvalue weighted by Gasteiger charge is 2.12. The van der Waals surface area contributed by atoms with E-state index in [1.54, 1.807) is 25.3 Å². The SMILES string of the molecule is COc1ccc(C(=O)CCCl)c(OC)c1. The highest BCUT2D eigenvalue weighted by molar-refractivity contribution is 6.19. The number of carbonyl (C=O) groups is 1. The van der Waals surface area contributed by atoms with Crippen LogP contribution in [0.2, 0.25) is 0 Å². The molecule has 0 bridgehead atoms. The molecule has 0 amide bonds. The van der Waals surface area contributed by atoms with Crippen LogP contribution in [0.5, 0.6) is 11.5 Å². The third-order valence-electron chi connectivity index (χ3n) is 2.03. The summed E-state index contributed by atoms with van der Waals surface area (Å²) < 4.78 is 10.1. The molecule has 0 atom stereocenters. The van der Waals surface area contributed by atoms with Crippen LogP contribution in [-0.4, -0.2) is 25.9 Å². The first kappa shape index (κ1) is 11.9. The zero-order chi connectivity index (χ0) is 11.3. The van der Waals surface area contributed by atoms with Crippen LogP contribution in [0, 0.1) is 0 Å². The van der Waals surface area contributed by atoms with Gasteiger partial charge in [-0.05, 0) is 12.1 Å². The average Bonchev–Trinajstić information content (AvgIpc) is 2.28. The lowest BCUT2D eigenvalue weighted by Crippen LogP contribution is -2.03. The fraction of sp³-hybridized carbons (Fsp3) is 0.364. The quantitative estimate of drug-likeness (QED) is 0.574. The maximum atomic E-state index is 11.6. The lowest BCUT2D eigenvalue weighted by molar-refractivity contribution is 0.0986. The highest BCUT2D eigenvalue weighted by atomic mass is 35.5. The second-order valence-electron chi connectivity index (χ2n) is 2.93. The summed E-state index contributed by atoms with van der Waals surface area (Å²) in [5.41, 5.74) is 0.541. The lowest BCUT2D eigenvalue weighted by atomic mass is 10.1. The molecule has 0 unspecified atom stereocenters. The standard InChI is InChI=1S/C11H13ClO3/c1-14-8-3-4-9(10(13)5-6-12)11(7-8)15-2/h3-4,7H,5-6H2,1-2H3. The first-order valence-electron chi connectivity index (χ1n) is 4.54. The van der Waals surface area contributed by atoms with Crippen molar-refractivity contribution in [2.45, 2.75) is 6.42 Å². The monoisotopic (exact) mass is 228 g/mol. The number of carbonyl (C=O) groups excluding carboxylic acids is 1. The van der Waals surface area contributed by atoms with Crippen molar-refractivity contribution in [2.24, 2.45) is 0 Å². The molecule has 0 heterocycles. The van der Waals surface area contributed by atoms with Gasteiger partial charge in [0, 0.05) is 18.4 Å². The van der Waals surface area contributed by atoms with Crippen LogP contribution in [-0.2, 0) is 0 Å². The topological polar surface area (TPSA) is 35.5 Å². The van der Waals surface area contributed by atoms with Gasteiger partial charge in [0.05, 0.1) is 19.8 Å². The average molecular weight is 229 g/mol. The second-order valence-corrected chi connectivity index (χ2v) is 3.31. The first-order chi connectivity index (χ1) is 7.22. The summed E-state index contributed by atoms with van der Waals surface area (Å²) in [6, 6.07) is 5.10. The maximum absolute atomic E-state index is 11.6. The molecule has 0 aliphatic heterocycles. The van der Waals surface area contributed by atoms with Crippen LogP contribution in [0.25, 0.3) is 0 Å². The number of alkyl halides is 1. The molecule has 0 saturated carbocycles. The van der Waals surface area contributed by atoms with Gasteiger partial charge >= 0.3 is 0 Å². The van der Waals surface area contributed by atoms with Gasteiger partial charge in [-0.3, -0.25) is 4.79 Å². The van der Waals surface area contributed by atoms with E-state index in [1.165, 1.54) is 7.11 Å². The summed E-state index contributed by atoms with van der Waals surface area (Å²) >= 11 is 5.51. The number of halogens is 1. The number of benzene rings is 1. The van der Waals surface area contributed by atoms with Gasteiger partial charge in [0.1, 0.15) is 11.5 Å². The number of methoxy groups -OCH3 is 2. The Morgan fingerprint density at radius 2 is 2.07 bits per heavy atom. The van der Waals surface area contributed by atoms with Crippen molar-refractivity contribution in [1.29, 1.82) is 0 Å². The molecule has 4 heteroatoms. The zero-order valence-electron chi connectivity index (χ0n) is 8.75. The minimum Gasteiger partial charge on any atom is -0.497 e. The number of hydrogen-bond donors (Lipinski definition) is 0. The number of hydrogen-bond acceptors (Lipinski definition) is 3. The molecule has 1 aromatic rings. The van der Waals surface area contributed by atoms with Crippen LogP contribution in [0.15, 0.2) is 18.2 Å². The molecular formula is C11H13ClO3. The van der Waals surface area contributed by atoms with Gasteiger partial charge < -0.3 is 9.47 Å². The van der Waals surface area contributed by atoms with Crippen LogP contribution < -0.4 is 9.47 Å². The fourth-order valence-electron chi connectivity index (χ4n) is 1.25. The van der Waals surface area contributed by atoms with Crippen molar-refractivity contribution in [2.75, 3.05) is 20.1 Å². The Morgan fingerprint density at radius 1 is 1.33 bits per heavy atom. The molecule has 0 aliphatic carbocycles. The van der Waals surface area contributed by atoms with Gasteiger partial charge in [-0.15, -0.1) is 11.6 Å². The van der Waals surface area contributed by atoms with E-state index in [9.17, 15) is 4.79 Å². The van der Waals surface area contributed by atoms with E-state index in [4.69, 9.17) is 21.1 Å². The van der Waals surface area contributed by atoms with Crippen molar-refractivity contribution in [3.05, 3.63) is 23.8 Å². The predicted molar refractivity (Wildman–Crippen MR) is 59.2 cm³/mol. The van der Waals surface area contributed by atoms with Crippen LogP contribution >= 0.6 is 11.6 Å². The summed E-state index contributed by atoms with van der Waals surface area (Å²) in [7, 11) is 3.08. The maximum Gasteiger partial charge on any atom is 0.167 e. The zero-order valence-corrected chi connectivity index (χ0v) is 9.50. The molecule has 0 aromatic heterocycles. The van der Waals surface area contributed by atoms with E-state index in [0.29, 0.717) is 29.4 Å². The van der Waals surface area contributed by atoms with Crippen molar-refractivity contribution < 1.29 is 14.3 Å². The Labute approximate surface area is 93.9 Å². The molecule has 15 heavy (non-hydrogen) atoms. The lowest BCUT2D eigenvalue weighted by Gasteiger charge is -2.08. The normalized spacial score (nSPS) is 9.80. The Balaban J connectivity index is 3.02. The Kier molecular flexibility index (Phi) is 4.43. The summed E-state index contributed by atoms with van der Waals surface area (Å²) in [6.45, 7) is 0. The third-order valence-corrected chi connectivity index (χ3v) is 2.22. The van der Waals surface area contributed by atoms with Gasteiger partial charge in [-0.1, -0.05) is 0 Å². The van der Waals surface area contributed by atoms with Crippen molar-refractivity contribution >= 4 is 17.4 Å². The van der Waals surface area contributed by atoms with Crippen molar-refractivity contribution in [1.82, 2.24) is 0 Å². The molecule has 0 spiro atoms. The minimum atomic E-state index is -0.0236. The van der Waals surface area contributed by atoms with E-state index in [0.717, 1.165) is 0 Å². The molecule has 3 nitrogen and oxygen atoms in total. The van der Waals surface area contributed by atoms with Crippen LogP contribution in [0.3, 0.4) is 0 Å². The Morgan fingerprint density at radius 3 is 2.60 bits per heavy atom.